The van der Waals surface area contributed by atoms with E-state index in [1.807, 2.05) is 48.5 Å². The van der Waals surface area contributed by atoms with Crippen molar-refractivity contribution in [3.63, 3.8) is 0 Å². The number of allylic oxidation sites excluding steroid dienone is 10. The van der Waals surface area contributed by atoms with Crippen molar-refractivity contribution in [2.24, 2.45) is 11.8 Å². The highest BCUT2D eigenvalue weighted by atomic mass is 14.6. The molecule has 4 atom stereocenters. The molecule has 0 saturated carbocycles. The van der Waals surface area contributed by atoms with E-state index in [0.29, 0.717) is 23.6 Å². The predicted octanol–water partition coefficient (Wildman–Crippen LogP) is 7.30. The molecule has 3 aliphatic carbocycles. The second kappa shape index (κ2) is 9.57. The van der Waals surface area contributed by atoms with E-state index in [4.69, 9.17) is 0 Å². The lowest BCUT2D eigenvalue weighted by atomic mass is 9.77. The molecule has 5 rings (SSSR count). The number of hydrogen-bond donors (Lipinski definition) is 1. The average molecular weight is 454 g/mol. The van der Waals surface area contributed by atoms with Gasteiger partial charge in [0.15, 0.2) is 0 Å². The molecule has 0 radical (unpaired) electrons. The second-order valence-corrected chi connectivity index (χ2v) is 9.55. The van der Waals surface area contributed by atoms with Crippen LogP contribution in [0.1, 0.15) is 48.3 Å². The van der Waals surface area contributed by atoms with Crippen LogP contribution in [-0.2, 0) is 0 Å². The first-order valence-corrected chi connectivity index (χ1v) is 12.1. The third-order valence-electron chi connectivity index (χ3n) is 7.23. The van der Waals surface area contributed by atoms with E-state index >= 15 is 0 Å². The molecular formula is C32H27N3. The van der Waals surface area contributed by atoms with Gasteiger partial charge in [-0.05, 0) is 58.7 Å². The monoisotopic (exact) mass is 453 g/mol. The van der Waals surface area contributed by atoms with Gasteiger partial charge < -0.3 is 5.41 Å². The van der Waals surface area contributed by atoms with Crippen LogP contribution in [0.15, 0.2) is 113 Å². The maximum atomic E-state index is 9.51. The highest BCUT2D eigenvalue weighted by Crippen LogP contribution is 2.53. The molecule has 3 nitrogen and oxygen atoms in total. The Morgan fingerprint density at radius 2 is 1.66 bits per heavy atom. The summed E-state index contributed by atoms with van der Waals surface area (Å²) in [6.07, 6.45) is 14.3. The van der Waals surface area contributed by atoms with E-state index in [0.717, 1.165) is 34.3 Å². The van der Waals surface area contributed by atoms with E-state index in [1.165, 1.54) is 5.57 Å². The molecule has 0 amide bonds. The van der Waals surface area contributed by atoms with E-state index < -0.39 is 0 Å². The summed E-state index contributed by atoms with van der Waals surface area (Å²) in [5.41, 5.74) is 8.00. The molecule has 2 aromatic rings. The summed E-state index contributed by atoms with van der Waals surface area (Å²) in [6, 6.07) is 22.7. The highest BCUT2D eigenvalue weighted by Gasteiger charge is 2.43. The third-order valence-corrected chi connectivity index (χ3v) is 7.23. The summed E-state index contributed by atoms with van der Waals surface area (Å²) in [5, 5.41) is 28.3. The number of nitrogens with zero attached hydrogens (tertiary/aromatic N) is 2. The van der Waals surface area contributed by atoms with Crippen LogP contribution in [0.5, 0.6) is 0 Å². The van der Waals surface area contributed by atoms with Crippen LogP contribution in [0.4, 0.5) is 0 Å². The minimum absolute atomic E-state index is 0.0516. The molecule has 35 heavy (non-hydrogen) atoms. The highest BCUT2D eigenvalue weighted by molar-refractivity contribution is 6.11. The normalized spacial score (nSPS) is 25.6. The molecular weight excluding hydrogens is 426 g/mol. The summed E-state index contributed by atoms with van der Waals surface area (Å²) < 4.78 is 0. The van der Waals surface area contributed by atoms with Gasteiger partial charge in [-0.1, -0.05) is 85.8 Å². The summed E-state index contributed by atoms with van der Waals surface area (Å²) in [7, 11) is 0. The van der Waals surface area contributed by atoms with Crippen molar-refractivity contribution in [3.8, 4) is 12.1 Å². The minimum Gasteiger partial charge on any atom is -0.304 e. The zero-order chi connectivity index (χ0) is 24.4. The molecule has 0 saturated heterocycles. The Bertz CT molecular complexity index is 1390. The fraction of sp³-hybridized carbons (Fsp3) is 0.219. The van der Waals surface area contributed by atoms with Crippen molar-refractivity contribution in [2.45, 2.75) is 31.6 Å². The van der Waals surface area contributed by atoms with Gasteiger partial charge in [-0.15, -0.1) is 0 Å². The van der Waals surface area contributed by atoms with E-state index in [9.17, 15) is 15.9 Å². The molecule has 3 aliphatic rings. The number of nitriles is 2. The van der Waals surface area contributed by atoms with Gasteiger partial charge in [-0.3, -0.25) is 0 Å². The van der Waals surface area contributed by atoms with Gasteiger partial charge in [0.2, 0.25) is 0 Å². The Balaban J connectivity index is 1.74. The molecule has 2 aromatic carbocycles. The first-order valence-electron chi connectivity index (χ1n) is 12.1. The van der Waals surface area contributed by atoms with E-state index in [1.54, 1.807) is 0 Å². The number of hydrogen-bond acceptors (Lipinski definition) is 3. The van der Waals surface area contributed by atoms with Crippen LogP contribution in [0, 0.1) is 39.9 Å². The summed E-state index contributed by atoms with van der Waals surface area (Å²) in [5.74, 6) is 0.127. The molecule has 4 unspecified atom stereocenters. The van der Waals surface area contributed by atoms with Gasteiger partial charge in [0.25, 0.3) is 0 Å². The molecule has 0 heterocycles. The van der Waals surface area contributed by atoms with Crippen LogP contribution >= 0.6 is 0 Å². The molecule has 0 aliphatic heterocycles. The number of nitrogens with one attached hydrogen (secondary N) is 1. The number of rotatable bonds is 4. The largest absolute Gasteiger partial charge is 0.304 e. The maximum absolute atomic E-state index is 9.51. The van der Waals surface area contributed by atoms with Crippen molar-refractivity contribution in [3.05, 3.63) is 130 Å². The van der Waals surface area contributed by atoms with Gasteiger partial charge >= 0.3 is 0 Å². The van der Waals surface area contributed by atoms with Crippen LogP contribution in [0.3, 0.4) is 0 Å². The summed E-state index contributed by atoms with van der Waals surface area (Å²) in [4.78, 5) is 0. The van der Waals surface area contributed by atoms with Crippen LogP contribution in [-0.4, -0.2) is 5.71 Å². The average Bonchev–Trinajstić information content (AvgIpc) is 3.22. The summed E-state index contributed by atoms with van der Waals surface area (Å²) >= 11 is 0. The third kappa shape index (κ3) is 4.23. The molecule has 0 aromatic heterocycles. The van der Waals surface area contributed by atoms with Gasteiger partial charge in [-0.2, -0.15) is 10.5 Å². The topological polar surface area (TPSA) is 71.4 Å². The fourth-order valence-corrected chi connectivity index (χ4v) is 5.55. The van der Waals surface area contributed by atoms with Gasteiger partial charge in [-0.25, -0.2) is 0 Å². The number of benzene rings is 2. The molecule has 0 bridgehead atoms. The zero-order valence-corrected chi connectivity index (χ0v) is 19.8. The Labute approximate surface area is 207 Å². The maximum Gasteiger partial charge on any atom is 0.0991 e. The van der Waals surface area contributed by atoms with Crippen molar-refractivity contribution < 1.29 is 0 Å². The van der Waals surface area contributed by atoms with Crippen LogP contribution in [0.2, 0.25) is 0 Å². The van der Waals surface area contributed by atoms with Gasteiger partial charge in [0.05, 0.1) is 23.6 Å². The Kier molecular flexibility index (Phi) is 6.17. The SMILES string of the molecule is CC1C=CC=C(C2=C(C3=CCC(C#N)C=C3)C(c3ccc(C#N)cc3)C(c3ccccc3)C2=N)C1. The van der Waals surface area contributed by atoms with Crippen molar-refractivity contribution >= 4 is 5.71 Å². The fourth-order valence-electron chi connectivity index (χ4n) is 5.55. The molecule has 3 heteroatoms. The Hall–Kier alpha value is -4.21. The van der Waals surface area contributed by atoms with Crippen molar-refractivity contribution in [1.29, 1.82) is 15.9 Å². The lowest BCUT2D eigenvalue weighted by Gasteiger charge is -2.25. The quantitative estimate of drug-likeness (QED) is 0.527. The first-order chi connectivity index (χ1) is 17.1. The smallest absolute Gasteiger partial charge is 0.0991 e. The van der Waals surface area contributed by atoms with Crippen molar-refractivity contribution in [2.75, 3.05) is 0 Å². The standard InChI is InChI=1S/C32H27N3/c1-21-6-5-9-27(18-21)31-29(26-16-12-23(20-34)13-17-26)28(25-14-10-22(19-33)11-15-25)30(32(31)35)24-7-3-2-4-8-24/h2-12,14-17,21,23,28,30,35H,13,18H2,1H3. The minimum atomic E-state index is -0.126. The van der Waals surface area contributed by atoms with E-state index in [2.05, 4.69) is 61.6 Å². The Morgan fingerprint density at radius 1 is 0.914 bits per heavy atom. The Morgan fingerprint density at radius 3 is 2.29 bits per heavy atom. The van der Waals surface area contributed by atoms with Crippen molar-refractivity contribution in [1.82, 2.24) is 0 Å². The van der Waals surface area contributed by atoms with Crippen LogP contribution in [0.25, 0.3) is 0 Å². The van der Waals surface area contributed by atoms with Crippen LogP contribution < -0.4 is 0 Å². The summed E-state index contributed by atoms with van der Waals surface area (Å²) in [6.45, 7) is 2.21. The first kappa shape index (κ1) is 22.6. The molecule has 1 N–H and O–H groups in total. The van der Waals surface area contributed by atoms with Gasteiger partial charge in [0.1, 0.15) is 0 Å². The molecule has 0 fully saturated rings. The molecule has 170 valence electrons. The lowest BCUT2D eigenvalue weighted by molar-refractivity contribution is 0.714. The van der Waals surface area contributed by atoms with E-state index in [-0.39, 0.29) is 17.8 Å². The van der Waals surface area contributed by atoms with Gasteiger partial charge in [0, 0.05) is 23.1 Å². The second-order valence-electron chi connectivity index (χ2n) is 9.55. The lowest BCUT2D eigenvalue weighted by Crippen LogP contribution is -2.15. The predicted molar refractivity (Wildman–Crippen MR) is 140 cm³/mol. The molecule has 0 spiro atoms. The zero-order valence-electron chi connectivity index (χ0n) is 19.8.